The number of halogens is 2. The Bertz CT molecular complexity index is 659. The zero-order valence-electron chi connectivity index (χ0n) is 11.7. The highest BCUT2D eigenvalue weighted by molar-refractivity contribution is 6.30. The maximum Gasteiger partial charge on any atom is 0.219 e. The third kappa shape index (κ3) is 3.93. The lowest BCUT2D eigenvalue weighted by Crippen LogP contribution is -2.15. The van der Waals surface area contributed by atoms with Crippen molar-refractivity contribution in [1.82, 2.24) is 10.3 Å². The predicted molar refractivity (Wildman–Crippen MR) is 80.3 cm³/mol. The standard InChI is InChI=1S/C16H16ClFN2O/c1-10-6-11(9-19-12-2-3-12)7-16(20-10)21-13-4-5-15(18)14(17)8-13/h4-8,12,19H,2-3,9H2,1H3. The molecule has 110 valence electrons. The number of aryl methyl sites for hydroxylation is 1. The third-order valence-electron chi connectivity index (χ3n) is 3.28. The maximum absolute atomic E-state index is 13.1. The van der Waals surface area contributed by atoms with Gasteiger partial charge in [-0.1, -0.05) is 11.6 Å². The molecule has 3 nitrogen and oxygen atoms in total. The number of ether oxygens (including phenoxy) is 1. The highest BCUT2D eigenvalue weighted by atomic mass is 35.5. The molecule has 0 amide bonds. The lowest BCUT2D eigenvalue weighted by molar-refractivity contribution is 0.458. The normalized spacial score (nSPS) is 14.2. The van der Waals surface area contributed by atoms with Crippen molar-refractivity contribution in [2.45, 2.75) is 32.4 Å². The number of hydrogen-bond donors (Lipinski definition) is 1. The van der Waals surface area contributed by atoms with Gasteiger partial charge in [-0.25, -0.2) is 9.37 Å². The Morgan fingerprint density at radius 2 is 2.14 bits per heavy atom. The first-order valence-electron chi connectivity index (χ1n) is 6.94. The van der Waals surface area contributed by atoms with Crippen molar-refractivity contribution in [3.63, 3.8) is 0 Å². The molecule has 0 aliphatic heterocycles. The third-order valence-corrected chi connectivity index (χ3v) is 3.57. The fourth-order valence-electron chi connectivity index (χ4n) is 2.07. The molecule has 21 heavy (non-hydrogen) atoms. The summed E-state index contributed by atoms with van der Waals surface area (Å²) in [5.41, 5.74) is 2.01. The van der Waals surface area contributed by atoms with E-state index in [0.29, 0.717) is 17.7 Å². The fourth-order valence-corrected chi connectivity index (χ4v) is 2.24. The molecular weight excluding hydrogens is 291 g/mol. The van der Waals surface area contributed by atoms with Crippen LogP contribution in [0, 0.1) is 12.7 Å². The number of aromatic nitrogens is 1. The molecule has 0 bridgehead atoms. The molecular formula is C16H16ClFN2O. The lowest BCUT2D eigenvalue weighted by atomic mass is 10.2. The SMILES string of the molecule is Cc1cc(CNC2CC2)cc(Oc2ccc(F)c(Cl)c2)n1. The van der Waals surface area contributed by atoms with Crippen LogP contribution in [-0.2, 0) is 6.54 Å². The summed E-state index contributed by atoms with van der Waals surface area (Å²) in [5.74, 6) is 0.501. The molecule has 0 unspecified atom stereocenters. The zero-order valence-corrected chi connectivity index (χ0v) is 12.5. The van der Waals surface area contributed by atoms with Crippen LogP contribution in [0.5, 0.6) is 11.6 Å². The van der Waals surface area contributed by atoms with Crippen LogP contribution in [0.15, 0.2) is 30.3 Å². The van der Waals surface area contributed by atoms with Gasteiger partial charge >= 0.3 is 0 Å². The summed E-state index contributed by atoms with van der Waals surface area (Å²) in [6, 6.07) is 8.83. The summed E-state index contributed by atoms with van der Waals surface area (Å²) >= 11 is 5.75. The summed E-state index contributed by atoms with van der Waals surface area (Å²) in [6.07, 6.45) is 2.50. The molecule has 1 N–H and O–H groups in total. The van der Waals surface area contributed by atoms with E-state index >= 15 is 0 Å². The maximum atomic E-state index is 13.1. The molecule has 5 heteroatoms. The van der Waals surface area contributed by atoms with E-state index in [0.717, 1.165) is 17.8 Å². The van der Waals surface area contributed by atoms with Crippen LogP contribution in [0.1, 0.15) is 24.1 Å². The first-order valence-corrected chi connectivity index (χ1v) is 7.32. The highest BCUT2D eigenvalue weighted by Gasteiger charge is 2.20. The minimum absolute atomic E-state index is 0.0378. The molecule has 2 aromatic rings. The van der Waals surface area contributed by atoms with E-state index in [2.05, 4.69) is 10.3 Å². The van der Waals surface area contributed by atoms with Gasteiger partial charge in [0.15, 0.2) is 0 Å². The molecule has 1 fully saturated rings. The summed E-state index contributed by atoms with van der Waals surface area (Å²) in [5, 5.41) is 3.49. The first kappa shape index (κ1) is 14.3. The van der Waals surface area contributed by atoms with Crippen LogP contribution < -0.4 is 10.1 Å². The predicted octanol–water partition coefficient (Wildman–Crippen LogP) is 4.23. The Morgan fingerprint density at radius 1 is 1.33 bits per heavy atom. The molecule has 1 aromatic heterocycles. The van der Waals surface area contributed by atoms with Crippen LogP contribution in [0.4, 0.5) is 4.39 Å². The average Bonchev–Trinajstić information content (AvgIpc) is 3.24. The Morgan fingerprint density at radius 3 is 2.86 bits per heavy atom. The van der Waals surface area contributed by atoms with Gasteiger partial charge in [0, 0.05) is 30.4 Å². The second kappa shape index (κ2) is 6.00. The summed E-state index contributed by atoms with van der Waals surface area (Å²) < 4.78 is 18.8. The van der Waals surface area contributed by atoms with E-state index in [1.54, 1.807) is 0 Å². The van der Waals surface area contributed by atoms with E-state index in [1.165, 1.54) is 31.0 Å². The average molecular weight is 307 g/mol. The van der Waals surface area contributed by atoms with E-state index < -0.39 is 5.82 Å². The smallest absolute Gasteiger partial charge is 0.219 e. The number of pyridine rings is 1. The summed E-state index contributed by atoms with van der Waals surface area (Å²) in [7, 11) is 0. The van der Waals surface area contributed by atoms with E-state index in [4.69, 9.17) is 16.3 Å². The van der Waals surface area contributed by atoms with E-state index in [1.807, 2.05) is 19.1 Å². The van der Waals surface area contributed by atoms with Gasteiger partial charge in [-0.05, 0) is 43.5 Å². The topological polar surface area (TPSA) is 34.1 Å². The summed E-state index contributed by atoms with van der Waals surface area (Å²) in [4.78, 5) is 4.34. The van der Waals surface area contributed by atoms with Gasteiger partial charge in [0.2, 0.25) is 5.88 Å². The van der Waals surface area contributed by atoms with Crippen molar-refractivity contribution < 1.29 is 9.13 Å². The Balaban J connectivity index is 1.75. The molecule has 1 aliphatic carbocycles. The van der Waals surface area contributed by atoms with E-state index in [-0.39, 0.29) is 5.02 Å². The quantitative estimate of drug-likeness (QED) is 0.897. The molecule has 0 saturated heterocycles. The monoisotopic (exact) mass is 306 g/mol. The molecule has 1 saturated carbocycles. The van der Waals surface area contributed by atoms with Gasteiger partial charge in [0.1, 0.15) is 11.6 Å². The second-order valence-corrected chi connectivity index (χ2v) is 5.70. The van der Waals surface area contributed by atoms with Gasteiger partial charge in [0.05, 0.1) is 5.02 Å². The Hall–Kier alpha value is -1.65. The molecule has 1 aromatic carbocycles. The summed E-state index contributed by atoms with van der Waals surface area (Å²) in [6.45, 7) is 2.72. The van der Waals surface area contributed by atoms with Crippen molar-refractivity contribution in [2.75, 3.05) is 0 Å². The first-order chi connectivity index (χ1) is 10.1. The highest BCUT2D eigenvalue weighted by Crippen LogP contribution is 2.26. The van der Waals surface area contributed by atoms with Crippen molar-refractivity contribution in [3.8, 4) is 11.6 Å². The molecule has 1 heterocycles. The second-order valence-electron chi connectivity index (χ2n) is 5.29. The molecule has 3 rings (SSSR count). The minimum Gasteiger partial charge on any atom is -0.439 e. The van der Waals surface area contributed by atoms with Gasteiger partial charge < -0.3 is 10.1 Å². The number of nitrogens with one attached hydrogen (secondary N) is 1. The van der Waals surface area contributed by atoms with E-state index in [9.17, 15) is 4.39 Å². The number of hydrogen-bond acceptors (Lipinski definition) is 3. The van der Waals surface area contributed by atoms with Crippen LogP contribution in [-0.4, -0.2) is 11.0 Å². The Kier molecular flexibility index (Phi) is 4.08. The lowest BCUT2D eigenvalue weighted by Gasteiger charge is -2.09. The molecule has 0 atom stereocenters. The van der Waals surface area contributed by atoms with Crippen molar-refractivity contribution in [1.29, 1.82) is 0 Å². The van der Waals surface area contributed by atoms with Crippen molar-refractivity contribution in [3.05, 3.63) is 52.4 Å². The zero-order chi connectivity index (χ0) is 14.8. The Labute approximate surface area is 128 Å². The minimum atomic E-state index is -0.462. The van der Waals surface area contributed by atoms with Crippen LogP contribution >= 0.6 is 11.6 Å². The number of benzene rings is 1. The molecule has 0 radical (unpaired) electrons. The van der Waals surface area contributed by atoms with Gasteiger partial charge in [-0.2, -0.15) is 0 Å². The van der Waals surface area contributed by atoms with Crippen molar-refractivity contribution in [2.24, 2.45) is 0 Å². The number of rotatable bonds is 5. The van der Waals surface area contributed by atoms with Crippen molar-refractivity contribution >= 4 is 11.6 Å². The van der Waals surface area contributed by atoms with Gasteiger partial charge in [-0.15, -0.1) is 0 Å². The van der Waals surface area contributed by atoms with Crippen LogP contribution in [0.25, 0.3) is 0 Å². The fraction of sp³-hybridized carbons (Fsp3) is 0.312. The van der Waals surface area contributed by atoms with Crippen LogP contribution in [0.3, 0.4) is 0 Å². The van der Waals surface area contributed by atoms with Gasteiger partial charge in [-0.3, -0.25) is 0 Å². The number of nitrogens with zero attached hydrogens (tertiary/aromatic N) is 1. The van der Waals surface area contributed by atoms with Crippen LogP contribution in [0.2, 0.25) is 5.02 Å². The van der Waals surface area contributed by atoms with Gasteiger partial charge in [0.25, 0.3) is 0 Å². The molecule has 1 aliphatic rings. The largest absolute Gasteiger partial charge is 0.439 e. The molecule has 0 spiro atoms.